The first-order chi connectivity index (χ1) is 11.0. The summed E-state index contributed by atoms with van der Waals surface area (Å²) in [5, 5.41) is 5.77. The molecule has 6 heteroatoms. The van der Waals surface area contributed by atoms with E-state index >= 15 is 0 Å². The molecule has 4 N–H and O–H groups in total. The van der Waals surface area contributed by atoms with E-state index in [1.165, 1.54) is 50.6 Å². The SMILES string of the molecule is CCC(NC)=C1CCCCCC1.CNC(=O)CCCOC(N)=O. The average molecular weight is 327 g/mol. The lowest BCUT2D eigenvalue weighted by atomic mass is 10.0. The highest BCUT2D eigenvalue weighted by Crippen LogP contribution is 2.24. The predicted octanol–water partition coefficient (Wildman–Crippen LogP) is 2.83. The Morgan fingerprint density at radius 2 is 1.70 bits per heavy atom. The molecule has 2 amide bonds. The van der Waals surface area contributed by atoms with Gasteiger partial charge in [-0.2, -0.15) is 0 Å². The largest absolute Gasteiger partial charge is 0.450 e. The van der Waals surface area contributed by atoms with E-state index in [1.807, 2.05) is 0 Å². The predicted molar refractivity (Wildman–Crippen MR) is 92.9 cm³/mol. The van der Waals surface area contributed by atoms with E-state index < -0.39 is 6.09 Å². The molecule has 23 heavy (non-hydrogen) atoms. The van der Waals surface area contributed by atoms with Crippen molar-refractivity contribution in [1.29, 1.82) is 0 Å². The molecule has 0 aromatic carbocycles. The third-order valence-electron chi connectivity index (χ3n) is 3.86. The molecule has 0 aromatic rings. The minimum Gasteiger partial charge on any atom is -0.450 e. The summed E-state index contributed by atoms with van der Waals surface area (Å²) in [6.45, 7) is 2.44. The fourth-order valence-corrected chi connectivity index (χ4v) is 2.59. The first kappa shape index (κ1) is 21.3. The molecule has 6 nitrogen and oxygen atoms in total. The summed E-state index contributed by atoms with van der Waals surface area (Å²) in [6.07, 6.45) is 9.57. The Hall–Kier alpha value is -1.72. The van der Waals surface area contributed by atoms with Crippen LogP contribution in [0.25, 0.3) is 0 Å². The van der Waals surface area contributed by atoms with Crippen molar-refractivity contribution in [3.8, 4) is 0 Å². The zero-order valence-electron chi connectivity index (χ0n) is 14.9. The van der Waals surface area contributed by atoms with E-state index in [4.69, 9.17) is 0 Å². The van der Waals surface area contributed by atoms with Gasteiger partial charge in [0.2, 0.25) is 5.91 Å². The van der Waals surface area contributed by atoms with Crippen molar-refractivity contribution in [1.82, 2.24) is 10.6 Å². The zero-order valence-corrected chi connectivity index (χ0v) is 14.9. The van der Waals surface area contributed by atoms with Crippen LogP contribution in [0.3, 0.4) is 0 Å². The molecule has 134 valence electrons. The Morgan fingerprint density at radius 3 is 2.13 bits per heavy atom. The Balaban J connectivity index is 0.000000423. The van der Waals surface area contributed by atoms with Gasteiger partial charge in [0.15, 0.2) is 0 Å². The summed E-state index contributed by atoms with van der Waals surface area (Å²) in [6, 6.07) is 0. The Bertz CT molecular complexity index is 365. The van der Waals surface area contributed by atoms with Gasteiger partial charge in [0.25, 0.3) is 0 Å². The molecule has 0 heterocycles. The van der Waals surface area contributed by atoms with Gasteiger partial charge in [-0.3, -0.25) is 4.79 Å². The number of carbonyl (C=O) groups excluding carboxylic acids is 2. The summed E-state index contributed by atoms with van der Waals surface area (Å²) in [4.78, 5) is 20.6. The first-order valence-electron chi connectivity index (χ1n) is 8.56. The lowest BCUT2D eigenvalue weighted by Gasteiger charge is -2.11. The van der Waals surface area contributed by atoms with Gasteiger partial charge < -0.3 is 21.1 Å². The minimum absolute atomic E-state index is 0.0712. The number of hydrogen-bond acceptors (Lipinski definition) is 4. The second-order valence-electron chi connectivity index (χ2n) is 5.54. The smallest absolute Gasteiger partial charge is 0.404 e. The number of primary amides is 1. The number of carbonyl (C=O) groups is 2. The molecule has 0 radical (unpaired) electrons. The van der Waals surface area contributed by atoms with Gasteiger partial charge in [-0.25, -0.2) is 4.79 Å². The molecule has 1 aliphatic rings. The Labute approximate surface area is 140 Å². The number of amides is 2. The zero-order chi connectivity index (χ0) is 17.5. The van der Waals surface area contributed by atoms with Crippen LogP contribution in [0.1, 0.15) is 64.7 Å². The molecular formula is C17H33N3O3. The van der Waals surface area contributed by atoms with Crippen LogP contribution in [0.5, 0.6) is 0 Å². The molecule has 0 saturated heterocycles. The lowest BCUT2D eigenvalue weighted by Crippen LogP contribution is -2.19. The lowest BCUT2D eigenvalue weighted by molar-refractivity contribution is -0.120. The maximum absolute atomic E-state index is 10.6. The maximum Gasteiger partial charge on any atom is 0.404 e. The van der Waals surface area contributed by atoms with E-state index in [2.05, 4.69) is 35.1 Å². The number of rotatable bonds is 6. The standard InChI is InChI=1S/C11H21N.C6H12N2O3/c1-3-11(12-2)10-8-6-4-5-7-9-10;1-8-5(9)3-2-4-11-6(7)10/h12H,3-9H2,1-2H3;2-4H2,1H3,(H2,7,10)(H,8,9). The third kappa shape index (κ3) is 11.5. The summed E-state index contributed by atoms with van der Waals surface area (Å²) in [5.74, 6) is -0.0712. The van der Waals surface area contributed by atoms with Crippen LogP contribution in [0.2, 0.25) is 0 Å². The van der Waals surface area contributed by atoms with E-state index in [9.17, 15) is 9.59 Å². The molecule has 0 atom stereocenters. The summed E-state index contributed by atoms with van der Waals surface area (Å²) in [7, 11) is 3.61. The summed E-state index contributed by atoms with van der Waals surface area (Å²) >= 11 is 0. The van der Waals surface area contributed by atoms with E-state index in [0.29, 0.717) is 12.8 Å². The number of allylic oxidation sites excluding steroid dienone is 2. The van der Waals surface area contributed by atoms with Crippen LogP contribution >= 0.6 is 0 Å². The molecule has 0 aromatic heterocycles. The molecule has 1 aliphatic carbocycles. The van der Waals surface area contributed by atoms with Gasteiger partial charge in [-0.15, -0.1) is 0 Å². The van der Waals surface area contributed by atoms with Crippen molar-refractivity contribution in [3.05, 3.63) is 11.3 Å². The van der Waals surface area contributed by atoms with Crippen molar-refractivity contribution < 1.29 is 14.3 Å². The maximum atomic E-state index is 10.6. The third-order valence-corrected chi connectivity index (χ3v) is 3.86. The van der Waals surface area contributed by atoms with Gasteiger partial charge in [-0.1, -0.05) is 25.3 Å². The molecule has 1 rings (SSSR count). The van der Waals surface area contributed by atoms with Crippen LogP contribution < -0.4 is 16.4 Å². The first-order valence-corrected chi connectivity index (χ1v) is 8.56. The molecule has 0 unspecified atom stereocenters. The Morgan fingerprint density at radius 1 is 1.09 bits per heavy atom. The van der Waals surface area contributed by atoms with E-state index in [0.717, 1.165) is 0 Å². The summed E-state index contributed by atoms with van der Waals surface area (Å²) < 4.78 is 4.40. The van der Waals surface area contributed by atoms with Gasteiger partial charge >= 0.3 is 6.09 Å². The quantitative estimate of drug-likeness (QED) is 0.516. The number of nitrogens with two attached hydrogens (primary N) is 1. The highest BCUT2D eigenvalue weighted by Gasteiger charge is 2.07. The van der Waals surface area contributed by atoms with Crippen LogP contribution in [0, 0.1) is 0 Å². The molecule has 1 saturated carbocycles. The van der Waals surface area contributed by atoms with Crippen LogP contribution in [-0.4, -0.2) is 32.7 Å². The van der Waals surface area contributed by atoms with Gasteiger partial charge in [0, 0.05) is 26.2 Å². The monoisotopic (exact) mass is 327 g/mol. The second kappa shape index (κ2) is 13.9. The van der Waals surface area contributed by atoms with Crippen LogP contribution in [0.4, 0.5) is 4.79 Å². The van der Waals surface area contributed by atoms with Crippen molar-refractivity contribution in [3.63, 3.8) is 0 Å². The highest BCUT2D eigenvalue weighted by atomic mass is 16.5. The van der Waals surface area contributed by atoms with Crippen molar-refractivity contribution in [2.75, 3.05) is 20.7 Å². The molecule has 0 spiro atoms. The van der Waals surface area contributed by atoms with Crippen molar-refractivity contribution in [2.24, 2.45) is 5.73 Å². The van der Waals surface area contributed by atoms with Gasteiger partial charge in [0.05, 0.1) is 6.61 Å². The highest BCUT2D eigenvalue weighted by molar-refractivity contribution is 5.75. The van der Waals surface area contributed by atoms with Crippen molar-refractivity contribution >= 4 is 12.0 Å². The van der Waals surface area contributed by atoms with E-state index in [1.54, 1.807) is 12.6 Å². The molecule has 0 aliphatic heterocycles. The summed E-state index contributed by atoms with van der Waals surface area (Å²) in [5.41, 5.74) is 7.87. The fourth-order valence-electron chi connectivity index (χ4n) is 2.59. The van der Waals surface area contributed by atoms with Crippen LogP contribution in [0.15, 0.2) is 11.3 Å². The van der Waals surface area contributed by atoms with Crippen molar-refractivity contribution in [2.45, 2.75) is 64.7 Å². The second-order valence-corrected chi connectivity index (χ2v) is 5.54. The number of nitrogens with one attached hydrogen (secondary N) is 2. The van der Waals surface area contributed by atoms with Gasteiger partial charge in [-0.05, 0) is 38.5 Å². The average Bonchev–Trinajstić information content (AvgIpc) is 2.82. The molecular weight excluding hydrogens is 294 g/mol. The van der Waals surface area contributed by atoms with Gasteiger partial charge in [0.1, 0.15) is 0 Å². The fraction of sp³-hybridized carbons (Fsp3) is 0.765. The molecule has 1 fully saturated rings. The number of hydrogen-bond donors (Lipinski definition) is 3. The molecule has 0 bridgehead atoms. The van der Waals surface area contributed by atoms with Crippen LogP contribution in [-0.2, 0) is 9.53 Å². The van der Waals surface area contributed by atoms with E-state index in [-0.39, 0.29) is 12.5 Å². The Kier molecular flexibility index (Phi) is 12.9. The normalized spacial score (nSPS) is 14.0. The topological polar surface area (TPSA) is 93.4 Å². The number of ether oxygens (including phenoxy) is 1. The minimum atomic E-state index is -0.804.